The molecule has 20 heavy (non-hydrogen) atoms. The highest BCUT2D eigenvalue weighted by molar-refractivity contribution is 5.87. The second kappa shape index (κ2) is 6.30. The van der Waals surface area contributed by atoms with E-state index >= 15 is 0 Å². The molecule has 0 saturated heterocycles. The van der Waals surface area contributed by atoms with Crippen molar-refractivity contribution in [2.45, 2.75) is 19.5 Å². The van der Waals surface area contributed by atoms with Crippen molar-refractivity contribution in [1.82, 2.24) is 5.32 Å². The maximum Gasteiger partial charge on any atom is 0.335 e. The molecule has 0 aliphatic rings. The fourth-order valence-corrected chi connectivity index (χ4v) is 1.91. The lowest BCUT2D eigenvalue weighted by Gasteiger charge is -2.14. The predicted molar refractivity (Wildman–Crippen MR) is 75.1 cm³/mol. The highest BCUT2D eigenvalue weighted by Crippen LogP contribution is 2.14. The molecule has 0 radical (unpaired) electrons. The average Bonchev–Trinajstić information content (AvgIpc) is 2.46. The predicted octanol–water partition coefficient (Wildman–Crippen LogP) is 3.37. The van der Waals surface area contributed by atoms with Crippen molar-refractivity contribution in [3.8, 4) is 0 Å². The Morgan fingerprint density at radius 3 is 2.30 bits per heavy atom. The molecule has 2 aromatic rings. The van der Waals surface area contributed by atoms with E-state index in [0.29, 0.717) is 6.54 Å². The Morgan fingerprint density at radius 1 is 1.15 bits per heavy atom. The van der Waals surface area contributed by atoms with Crippen LogP contribution in [0, 0.1) is 5.82 Å². The van der Waals surface area contributed by atoms with E-state index in [2.05, 4.69) is 5.32 Å². The Hall–Kier alpha value is -2.20. The van der Waals surface area contributed by atoms with Crippen LogP contribution in [-0.4, -0.2) is 11.1 Å². The zero-order valence-electron chi connectivity index (χ0n) is 11.1. The summed E-state index contributed by atoms with van der Waals surface area (Å²) in [5, 5.41) is 12.1. The van der Waals surface area contributed by atoms with Gasteiger partial charge in [0, 0.05) is 12.6 Å². The fraction of sp³-hybridized carbons (Fsp3) is 0.188. The molecule has 2 N–H and O–H groups in total. The van der Waals surface area contributed by atoms with Gasteiger partial charge in [-0.3, -0.25) is 0 Å². The first-order chi connectivity index (χ1) is 9.56. The van der Waals surface area contributed by atoms with Crippen LogP contribution in [0.3, 0.4) is 0 Å². The van der Waals surface area contributed by atoms with E-state index in [4.69, 9.17) is 5.11 Å². The molecular weight excluding hydrogens is 257 g/mol. The van der Waals surface area contributed by atoms with Crippen LogP contribution >= 0.6 is 0 Å². The number of halogens is 1. The molecule has 1 atom stereocenters. The summed E-state index contributed by atoms with van der Waals surface area (Å²) in [5.41, 5.74) is 2.29. The monoisotopic (exact) mass is 273 g/mol. The maximum absolute atomic E-state index is 12.8. The van der Waals surface area contributed by atoms with Gasteiger partial charge in [0.25, 0.3) is 0 Å². The molecule has 0 aliphatic carbocycles. The lowest BCUT2D eigenvalue weighted by atomic mass is 10.1. The van der Waals surface area contributed by atoms with E-state index in [9.17, 15) is 9.18 Å². The molecule has 0 unspecified atom stereocenters. The van der Waals surface area contributed by atoms with Crippen molar-refractivity contribution in [3.05, 3.63) is 71.0 Å². The molecule has 0 bridgehead atoms. The van der Waals surface area contributed by atoms with Crippen molar-refractivity contribution in [1.29, 1.82) is 0 Å². The second-order valence-electron chi connectivity index (χ2n) is 4.66. The third-order valence-electron chi connectivity index (χ3n) is 3.18. The number of nitrogens with one attached hydrogen (secondary N) is 1. The minimum Gasteiger partial charge on any atom is -0.478 e. The van der Waals surface area contributed by atoms with Crippen molar-refractivity contribution >= 4 is 5.97 Å². The van der Waals surface area contributed by atoms with Crippen LogP contribution in [0.4, 0.5) is 4.39 Å². The fourth-order valence-electron chi connectivity index (χ4n) is 1.91. The van der Waals surface area contributed by atoms with E-state index in [1.54, 1.807) is 36.4 Å². The third kappa shape index (κ3) is 3.65. The summed E-state index contributed by atoms with van der Waals surface area (Å²) in [7, 11) is 0. The van der Waals surface area contributed by atoms with Gasteiger partial charge in [0.2, 0.25) is 0 Å². The highest BCUT2D eigenvalue weighted by Gasteiger charge is 2.06. The molecule has 0 aliphatic heterocycles. The van der Waals surface area contributed by atoms with Gasteiger partial charge >= 0.3 is 5.97 Å². The summed E-state index contributed by atoms with van der Waals surface area (Å²) in [5.74, 6) is -1.17. The molecule has 0 heterocycles. The van der Waals surface area contributed by atoms with E-state index < -0.39 is 5.97 Å². The molecule has 0 saturated carbocycles. The smallest absolute Gasteiger partial charge is 0.335 e. The first-order valence-electron chi connectivity index (χ1n) is 6.37. The molecule has 2 aromatic carbocycles. The van der Waals surface area contributed by atoms with Gasteiger partial charge in [0.05, 0.1) is 5.56 Å². The molecular formula is C16H16FNO2. The number of carboxylic acid groups (broad SMARTS) is 1. The van der Waals surface area contributed by atoms with E-state index in [0.717, 1.165) is 11.1 Å². The Balaban J connectivity index is 1.94. The van der Waals surface area contributed by atoms with Crippen LogP contribution < -0.4 is 5.32 Å². The van der Waals surface area contributed by atoms with Gasteiger partial charge in [0.15, 0.2) is 0 Å². The van der Waals surface area contributed by atoms with Gasteiger partial charge in [-0.05, 0) is 42.3 Å². The number of carbonyl (C=O) groups is 1. The van der Waals surface area contributed by atoms with Crippen LogP contribution in [0.2, 0.25) is 0 Å². The first-order valence-corrected chi connectivity index (χ1v) is 6.37. The molecule has 0 spiro atoms. The summed E-state index contributed by atoms with van der Waals surface area (Å²) in [6.07, 6.45) is 0. The van der Waals surface area contributed by atoms with Gasteiger partial charge in [-0.25, -0.2) is 9.18 Å². The number of aromatic carboxylic acids is 1. The molecule has 0 aromatic heterocycles. The van der Waals surface area contributed by atoms with Crippen molar-refractivity contribution in [2.24, 2.45) is 0 Å². The summed E-state index contributed by atoms with van der Waals surface area (Å²) >= 11 is 0. The normalized spacial score (nSPS) is 12.1. The summed E-state index contributed by atoms with van der Waals surface area (Å²) in [4.78, 5) is 10.7. The number of carboxylic acids is 1. The molecule has 4 heteroatoms. The van der Waals surface area contributed by atoms with Gasteiger partial charge in [-0.2, -0.15) is 0 Å². The lowest BCUT2D eigenvalue weighted by Crippen LogP contribution is -2.18. The van der Waals surface area contributed by atoms with Gasteiger partial charge < -0.3 is 10.4 Å². The summed E-state index contributed by atoms with van der Waals surface area (Å²) in [6, 6.07) is 13.2. The van der Waals surface area contributed by atoms with Crippen molar-refractivity contribution < 1.29 is 14.3 Å². The lowest BCUT2D eigenvalue weighted by molar-refractivity contribution is 0.0697. The van der Waals surface area contributed by atoms with Crippen LogP contribution in [0.1, 0.15) is 34.5 Å². The third-order valence-corrected chi connectivity index (χ3v) is 3.18. The number of benzene rings is 2. The minimum absolute atomic E-state index is 0.0924. The average molecular weight is 273 g/mol. The first kappa shape index (κ1) is 14.2. The maximum atomic E-state index is 12.8. The van der Waals surface area contributed by atoms with Crippen molar-refractivity contribution in [3.63, 3.8) is 0 Å². The number of rotatable bonds is 5. The highest BCUT2D eigenvalue weighted by atomic mass is 19.1. The number of hydrogen-bond donors (Lipinski definition) is 2. The van der Waals surface area contributed by atoms with E-state index in [1.807, 2.05) is 6.92 Å². The van der Waals surface area contributed by atoms with E-state index in [-0.39, 0.29) is 17.4 Å². The SMILES string of the molecule is C[C@@H](NCc1ccc(C(=O)O)cc1)c1ccc(F)cc1. The van der Waals surface area contributed by atoms with Gasteiger partial charge in [-0.15, -0.1) is 0 Å². The van der Waals surface area contributed by atoms with Gasteiger partial charge in [-0.1, -0.05) is 24.3 Å². The van der Waals surface area contributed by atoms with Crippen LogP contribution in [0.15, 0.2) is 48.5 Å². The molecule has 2 rings (SSSR count). The topological polar surface area (TPSA) is 49.3 Å². The summed E-state index contributed by atoms with van der Waals surface area (Å²) < 4.78 is 12.8. The minimum atomic E-state index is -0.927. The molecule has 104 valence electrons. The number of hydrogen-bond acceptors (Lipinski definition) is 2. The largest absolute Gasteiger partial charge is 0.478 e. The molecule has 0 fully saturated rings. The summed E-state index contributed by atoms with van der Waals surface area (Å²) in [6.45, 7) is 2.62. The van der Waals surface area contributed by atoms with Gasteiger partial charge in [0.1, 0.15) is 5.82 Å². The van der Waals surface area contributed by atoms with Crippen molar-refractivity contribution in [2.75, 3.05) is 0 Å². The Morgan fingerprint density at radius 2 is 1.75 bits per heavy atom. The standard InChI is InChI=1S/C16H16FNO2/c1-11(13-6-8-15(17)9-7-13)18-10-12-2-4-14(5-3-12)16(19)20/h2-9,11,18H,10H2,1H3,(H,19,20)/t11-/m1/s1. The Bertz CT molecular complexity index is 578. The zero-order chi connectivity index (χ0) is 14.5. The molecule has 0 amide bonds. The zero-order valence-corrected chi connectivity index (χ0v) is 11.1. The quantitative estimate of drug-likeness (QED) is 0.878. The Labute approximate surface area is 117 Å². The molecule has 3 nitrogen and oxygen atoms in total. The van der Waals surface area contributed by atoms with E-state index in [1.165, 1.54) is 12.1 Å². The van der Waals surface area contributed by atoms with Crippen LogP contribution in [0.25, 0.3) is 0 Å². The Kier molecular flexibility index (Phi) is 4.48. The van der Waals surface area contributed by atoms with Crippen LogP contribution in [0.5, 0.6) is 0 Å². The van der Waals surface area contributed by atoms with Crippen LogP contribution in [-0.2, 0) is 6.54 Å². The second-order valence-corrected chi connectivity index (χ2v) is 4.66.